The molecule has 6 heteroatoms. The molecule has 0 aromatic heterocycles. The Kier molecular flexibility index (Phi) is 3.37. The molecule has 1 saturated heterocycles. The van der Waals surface area contributed by atoms with E-state index in [2.05, 4.69) is 10.6 Å². The van der Waals surface area contributed by atoms with E-state index < -0.39 is 5.79 Å². The molecule has 2 amide bonds. The van der Waals surface area contributed by atoms with Crippen LogP contribution in [0.3, 0.4) is 0 Å². The number of fused-ring (bicyclic) bond motifs is 2. The molecular formula is C18H16N2O4. The van der Waals surface area contributed by atoms with E-state index >= 15 is 0 Å². The van der Waals surface area contributed by atoms with Crippen LogP contribution in [0.15, 0.2) is 42.5 Å². The fourth-order valence-electron chi connectivity index (χ4n) is 3.09. The van der Waals surface area contributed by atoms with Crippen LogP contribution in [0.2, 0.25) is 0 Å². The van der Waals surface area contributed by atoms with Gasteiger partial charge < -0.3 is 20.1 Å². The lowest BCUT2D eigenvalue weighted by Crippen LogP contribution is -2.35. The second-order valence-electron chi connectivity index (χ2n) is 5.80. The monoisotopic (exact) mass is 324 g/mol. The summed E-state index contributed by atoms with van der Waals surface area (Å²) in [7, 11) is 0. The predicted molar refractivity (Wildman–Crippen MR) is 87.8 cm³/mol. The van der Waals surface area contributed by atoms with Gasteiger partial charge in [-0.15, -0.1) is 0 Å². The van der Waals surface area contributed by atoms with Gasteiger partial charge in [-0.1, -0.05) is 18.2 Å². The fraction of sp³-hybridized carbons (Fsp3) is 0.222. The smallest absolute Gasteiger partial charge is 0.289 e. The second-order valence-corrected chi connectivity index (χ2v) is 5.80. The lowest BCUT2D eigenvalue weighted by atomic mass is 10.0. The molecule has 2 aliphatic rings. The highest BCUT2D eigenvalue weighted by Crippen LogP contribution is 2.45. The number of hydrogen-bond donors (Lipinski definition) is 2. The molecule has 4 rings (SSSR count). The molecular weight excluding hydrogens is 308 g/mol. The number of nitrogens with one attached hydrogen (secondary N) is 2. The van der Waals surface area contributed by atoms with Crippen molar-refractivity contribution >= 4 is 23.2 Å². The van der Waals surface area contributed by atoms with Crippen molar-refractivity contribution in [1.82, 2.24) is 0 Å². The Bertz CT molecular complexity index is 826. The summed E-state index contributed by atoms with van der Waals surface area (Å²) in [6.07, 6.45) is 0. The summed E-state index contributed by atoms with van der Waals surface area (Å²) in [5.74, 6) is -1.94. The van der Waals surface area contributed by atoms with Crippen molar-refractivity contribution in [3.63, 3.8) is 0 Å². The minimum atomic E-state index is -1.40. The number of anilines is 2. The molecule has 2 aliphatic heterocycles. The summed E-state index contributed by atoms with van der Waals surface area (Å²) in [4.78, 5) is 24.7. The molecule has 0 atom stereocenters. The number of rotatable bonds is 2. The van der Waals surface area contributed by atoms with Gasteiger partial charge in [-0.05, 0) is 36.8 Å². The van der Waals surface area contributed by atoms with E-state index in [-0.39, 0.29) is 11.8 Å². The van der Waals surface area contributed by atoms with Crippen LogP contribution in [-0.4, -0.2) is 25.0 Å². The first-order valence-corrected chi connectivity index (χ1v) is 7.71. The maximum absolute atomic E-state index is 12.3. The number of ether oxygens (including phenoxy) is 2. The summed E-state index contributed by atoms with van der Waals surface area (Å²) < 4.78 is 11.2. The number of carbonyl (C=O) groups is 2. The lowest BCUT2D eigenvalue weighted by molar-refractivity contribution is -0.178. The standard InChI is InChI=1S/C18H16N2O4/c1-11-9-13(19-16(21)12-5-3-2-4-6-12)10-14-15(11)20-17(22)18(14)23-7-8-24-18/h2-6,9-10H,7-8H2,1H3,(H,19,21)(H,20,22). The van der Waals surface area contributed by atoms with Gasteiger partial charge in [0.25, 0.3) is 17.6 Å². The topological polar surface area (TPSA) is 76.7 Å². The minimum Gasteiger partial charge on any atom is -0.336 e. The Labute approximate surface area is 138 Å². The largest absolute Gasteiger partial charge is 0.336 e. The fourth-order valence-corrected chi connectivity index (χ4v) is 3.09. The first-order valence-electron chi connectivity index (χ1n) is 7.71. The van der Waals surface area contributed by atoms with Gasteiger partial charge in [0.15, 0.2) is 0 Å². The minimum absolute atomic E-state index is 0.213. The Hall–Kier alpha value is -2.70. The van der Waals surface area contributed by atoms with Crippen LogP contribution in [0.1, 0.15) is 21.5 Å². The first kappa shape index (κ1) is 14.9. The van der Waals surface area contributed by atoms with Gasteiger partial charge >= 0.3 is 0 Å². The highest BCUT2D eigenvalue weighted by molar-refractivity contribution is 6.07. The lowest BCUT2D eigenvalue weighted by Gasteiger charge is -2.20. The molecule has 122 valence electrons. The van der Waals surface area contributed by atoms with Crippen molar-refractivity contribution in [2.24, 2.45) is 0 Å². The zero-order valence-corrected chi connectivity index (χ0v) is 13.1. The summed E-state index contributed by atoms with van der Waals surface area (Å²) in [6.45, 7) is 2.57. The van der Waals surface area contributed by atoms with E-state index in [4.69, 9.17) is 9.47 Å². The van der Waals surface area contributed by atoms with Gasteiger partial charge in [0.1, 0.15) is 0 Å². The van der Waals surface area contributed by atoms with E-state index in [1.54, 1.807) is 30.3 Å². The highest BCUT2D eigenvalue weighted by Gasteiger charge is 2.53. The quantitative estimate of drug-likeness (QED) is 0.889. The maximum atomic E-state index is 12.3. The molecule has 2 heterocycles. The molecule has 0 unspecified atom stereocenters. The molecule has 2 aromatic carbocycles. The third kappa shape index (κ3) is 2.19. The molecule has 1 fully saturated rings. The number of benzene rings is 2. The Morgan fingerprint density at radius 3 is 2.58 bits per heavy atom. The summed E-state index contributed by atoms with van der Waals surface area (Å²) in [5, 5.41) is 5.67. The predicted octanol–water partition coefficient (Wildman–Crippen LogP) is 2.40. The average Bonchev–Trinajstić information content (AvgIpc) is 3.17. The first-order chi connectivity index (χ1) is 11.6. The number of amides is 2. The van der Waals surface area contributed by atoms with Crippen LogP contribution >= 0.6 is 0 Å². The number of hydrogen-bond acceptors (Lipinski definition) is 4. The van der Waals surface area contributed by atoms with E-state index in [0.29, 0.717) is 35.7 Å². The van der Waals surface area contributed by atoms with E-state index in [1.807, 2.05) is 19.1 Å². The molecule has 0 bridgehead atoms. The van der Waals surface area contributed by atoms with E-state index in [1.165, 1.54) is 0 Å². The van der Waals surface area contributed by atoms with Gasteiger partial charge in [-0.25, -0.2) is 0 Å². The highest BCUT2D eigenvalue weighted by atomic mass is 16.7. The van der Waals surface area contributed by atoms with Gasteiger partial charge in [-0.2, -0.15) is 0 Å². The van der Waals surface area contributed by atoms with Crippen LogP contribution in [-0.2, 0) is 20.1 Å². The van der Waals surface area contributed by atoms with Crippen LogP contribution in [0, 0.1) is 6.92 Å². The van der Waals surface area contributed by atoms with Crippen molar-refractivity contribution in [2.75, 3.05) is 23.8 Å². The normalized spacial score (nSPS) is 17.6. The third-order valence-electron chi connectivity index (χ3n) is 4.22. The average molecular weight is 324 g/mol. The SMILES string of the molecule is Cc1cc(NC(=O)c2ccccc2)cc2c1NC(=O)C21OCCO1. The molecule has 0 saturated carbocycles. The van der Waals surface area contributed by atoms with Crippen molar-refractivity contribution in [3.05, 3.63) is 59.2 Å². The summed E-state index contributed by atoms with van der Waals surface area (Å²) >= 11 is 0. The molecule has 0 radical (unpaired) electrons. The summed E-state index contributed by atoms with van der Waals surface area (Å²) in [6, 6.07) is 12.5. The van der Waals surface area contributed by atoms with Gasteiger partial charge in [0.2, 0.25) is 0 Å². The zero-order valence-electron chi connectivity index (χ0n) is 13.1. The third-order valence-corrected chi connectivity index (χ3v) is 4.22. The Morgan fingerprint density at radius 1 is 1.17 bits per heavy atom. The molecule has 1 spiro atoms. The van der Waals surface area contributed by atoms with Crippen molar-refractivity contribution < 1.29 is 19.1 Å². The van der Waals surface area contributed by atoms with Gasteiger partial charge in [0, 0.05) is 16.8 Å². The molecule has 2 N–H and O–H groups in total. The molecule has 6 nitrogen and oxygen atoms in total. The van der Waals surface area contributed by atoms with Gasteiger partial charge in [-0.3, -0.25) is 9.59 Å². The number of aryl methyl sites for hydroxylation is 1. The van der Waals surface area contributed by atoms with Crippen molar-refractivity contribution in [3.8, 4) is 0 Å². The Morgan fingerprint density at radius 2 is 1.88 bits per heavy atom. The maximum Gasteiger partial charge on any atom is 0.289 e. The molecule has 24 heavy (non-hydrogen) atoms. The second kappa shape index (κ2) is 5.43. The van der Waals surface area contributed by atoms with Crippen LogP contribution in [0.25, 0.3) is 0 Å². The van der Waals surface area contributed by atoms with Crippen LogP contribution < -0.4 is 10.6 Å². The molecule has 2 aromatic rings. The van der Waals surface area contributed by atoms with Gasteiger partial charge in [0.05, 0.1) is 18.9 Å². The number of carbonyl (C=O) groups excluding carboxylic acids is 2. The Balaban J connectivity index is 1.70. The zero-order chi connectivity index (χ0) is 16.7. The van der Waals surface area contributed by atoms with Crippen molar-refractivity contribution in [1.29, 1.82) is 0 Å². The summed E-state index contributed by atoms with van der Waals surface area (Å²) in [5.41, 5.74) is 3.27. The molecule has 0 aliphatic carbocycles. The van der Waals surface area contributed by atoms with Crippen LogP contribution in [0.4, 0.5) is 11.4 Å². The van der Waals surface area contributed by atoms with Crippen LogP contribution in [0.5, 0.6) is 0 Å². The van der Waals surface area contributed by atoms with E-state index in [0.717, 1.165) is 5.56 Å². The van der Waals surface area contributed by atoms with Crippen molar-refractivity contribution in [2.45, 2.75) is 12.7 Å². The van der Waals surface area contributed by atoms with E-state index in [9.17, 15) is 9.59 Å².